The van der Waals surface area contributed by atoms with Crippen LogP contribution in [0.3, 0.4) is 0 Å². The molecule has 0 aliphatic heterocycles. The summed E-state index contributed by atoms with van der Waals surface area (Å²) in [5.41, 5.74) is 1.04. The van der Waals surface area contributed by atoms with Crippen LogP contribution in [0.15, 0.2) is 12.4 Å². The molecule has 2 amide bonds. The topological polar surface area (TPSA) is 133 Å². The van der Waals surface area contributed by atoms with E-state index in [0.29, 0.717) is 25.7 Å². The fraction of sp³-hybridized carbons (Fsp3) is 0.647. The Morgan fingerprint density at radius 2 is 2.15 bits per heavy atom. The van der Waals surface area contributed by atoms with Crippen LogP contribution in [0.2, 0.25) is 0 Å². The van der Waals surface area contributed by atoms with Crippen LogP contribution in [0.1, 0.15) is 37.7 Å². The lowest BCUT2D eigenvalue weighted by Crippen LogP contribution is -2.40. The summed E-state index contributed by atoms with van der Waals surface area (Å²) in [5.74, 6) is -1.12. The van der Waals surface area contributed by atoms with Crippen molar-refractivity contribution in [2.24, 2.45) is 5.92 Å². The maximum Gasteiger partial charge on any atom is 0.307 e. The first-order valence-electron chi connectivity index (χ1n) is 8.79. The van der Waals surface area contributed by atoms with Crippen molar-refractivity contribution in [3.8, 4) is 0 Å². The van der Waals surface area contributed by atoms with E-state index in [4.69, 9.17) is 0 Å². The van der Waals surface area contributed by atoms with Crippen LogP contribution in [-0.2, 0) is 25.5 Å². The summed E-state index contributed by atoms with van der Waals surface area (Å²) in [7, 11) is 1.29. The number of aliphatic hydroxyl groups is 1. The first kappa shape index (κ1) is 19.9. The average Bonchev–Trinajstić information content (AvgIpc) is 3.25. The predicted octanol–water partition coefficient (Wildman–Crippen LogP) is -0.333. The molecule has 0 saturated heterocycles. The Bertz CT molecular complexity index is 604. The van der Waals surface area contributed by atoms with Crippen molar-refractivity contribution >= 4 is 17.8 Å². The number of esters is 1. The van der Waals surface area contributed by atoms with E-state index in [2.05, 4.69) is 25.6 Å². The molecule has 2 rings (SSSR count). The summed E-state index contributed by atoms with van der Waals surface area (Å²) in [6.45, 7) is 0.198. The zero-order chi connectivity index (χ0) is 18.9. The largest absolute Gasteiger partial charge is 0.469 e. The molecule has 4 N–H and O–H groups in total. The highest BCUT2D eigenvalue weighted by Crippen LogP contribution is 2.26. The SMILES string of the molecule is COC(=O)CCNC(=O)[C@@H]1C[C@@H](O)[C@H](NC(=O)CCCc2cn[nH]c2)C1. The molecule has 0 radical (unpaired) electrons. The number of amides is 2. The summed E-state index contributed by atoms with van der Waals surface area (Å²) in [6, 6.07) is -0.423. The predicted molar refractivity (Wildman–Crippen MR) is 91.8 cm³/mol. The monoisotopic (exact) mass is 366 g/mol. The van der Waals surface area contributed by atoms with Crippen molar-refractivity contribution in [3.63, 3.8) is 0 Å². The molecule has 1 aliphatic carbocycles. The molecular weight excluding hydrogens is 340 g/mol. The first-order valence-corrected chi connectivity index (χ1v) is 8.79. The van der Waals surface area contributed by atoms with E-state index < -0.39 is 18.1 Å². The second-order valence-corrected chi connectivity index (χ2v) is 6.49. The molecule has 1 aromatic rings. The third-order valence-corrected chi connectivity index (χ3v) is 4.53. The van der Waals surface area contributed by atoms with Crippen molar-refractivity contribution in [2.45, 2.75) is 50.7 Å². The molecule has 1 aromatic heterocycles. The second kappa shape index (κ2) is 9.91. The number of H-pyrrole nitrogens is 1. The van der Waals surface area contributed by atoms with Crippen LogP contribution in [0.5, 0.6) is 0 Å². The van der Waals surface area contributed by atoms with Crippen LogP contribution in [-0.4, -0.2) is 58.9 Å². The molecule has 3 atom stereocenters. The number of nitrogens with one attached hydrogen (secondary N) is 3. The van der Waals surface area contributed by atoms with Crippen LogP contribution >= 0.6 is 0 Å². The number of ether oxygens (including phenoxy) is 1. The Morgan fingerprint density at radius 3 is 2.85 bits per heavy atom. The Morgan fingerprint density at radius 1 is 1.35 bits per heavy atom. The number of aryl methyl sites for hydroxylation is 1. The van der Waals surface area contributed by atoms with Gasteiger partial charge in [-0.25, -0.2) is 0 Å². The molecule has 1 heterocycles. The highest BCUT2D eigenvalue weighted by Gasteiger charge is 2.37. The van der Waals surface area contributed by atoms with E-state index in [1.54, 1.807) is 12.4 Å². The maximum atomic E-state index is 12.1. The zero-order valence-electron chi connectivity index (χ0n) is 14.9. The van der Waals surface area contributed by atoms with Crippen molar-refractivity contribution < 1.29 is 24.2 Å². The minimum atomic E-state index is -0.746. The minimum Gasteiger partial charge on any atom is -0.469 e. The van der Waals surface area contributed by atoms with Gasteiger partial charge in [-0.1, -0.05) is 0 Å². The summed E-state index contributed by atoms with van der Waals surface area (Å²) >= 11 is 0. The van der Waals surface area contributed by atoms with Gasteiger partial charge in [-0.3, -0.25) is 19.5 Å². The van der Waals surface area contributed by atoms with E-state index in [1.807, 2.05) is 0 Å². The van der Waals surface area contributed by atoms with Gasteiger partial charge in [0.2, 0.25) is 11.8 Å². The lowest BCUT2D eigenvalue weighted by molar-refractivity contribution is -0.140. The highest BCUT2D eigenvalue weighted by molar-refractivity contribution is 5.80. The molecule has 0 aromatic carbocycles. The third kappa shape index (κ3) is 6.14. The van der Waals surface area contributed by atoms with Crippen molar-refractivity contribution in [1.82, 2.24) is 20.8 Å². The molecule has 0 spiro atoms. The summed E-state index contributed by atoms with van der Waals surface area (Å²) in [4.78, 5) is 35.2. The van der Waals surface area contributed by atoms with Gasteiger partial charge >= 0.3 is 5.97 Å². The van der Waals surface area contributed by atoms with Crippen LogP contribution < -0.4 is 10.6 Å². The number of aromatic nitrogens is 2. The third-order valence-electron chi connectivity index (χ3n) is 4.53. The van der Waals surface area contributed by atoms with Crippen molar-refractivity contribution in [3.05, 3.63) is 18.0 Å². The van der Waals surface area contributed by atoms with E-state index in [1.165, 1.54) is 7.11 Å². The molecular formula is C17H26N4O5. The van der Waals surface area contributed by atoms with Crippen molar-refractivity contribution in [2.75, 3.05) is 13.7 Å². The number of aromatic amines is 1. The van der Waals surface area contributed by atoms with Gasteiger partial charge in [0, 0.05) is 25.1 Å². The van der Waals surface area contributed by atoms with Gasteiger partial charge < -0.3 is 20.5 Å². The maximum absolute atomic E-state index is 12.1. The molecule has 0 bridgehead atoms. The Labute approximate surface area is 151 Å². The van der Waals surface area contributed by atoms with Crippen molar-refractivity contribution in [1.29, 1.82) is 0 Å². The molecule has 26 heavy (non-hydrogen) atoms. The first-order chi connectivity index (χ1) is 12.5. The molecule has 9 nitrogen and oxygen atoms in total. The standard InChI is InChI=1S/C17H26N4O5/c1-26-16(24)5-6-18-17(25)12-7-13(14(22)8-12)21-15(23)4-2-3-11-9-19-20-10-11/h9-10,12-14,22H,2-8H2,1H3,(H,18,25)(H,19,20)(H,21,23)/t12-,13+,14+/m0/s1. The van der Waals surface area contributed by atoms with Gasteiger partial charge in [0.15, 0.2) is 0 Å². The Balaban J connectivity index is 1.67. The van der Waals surface area contributed by atoms with Gasteiger partial charge in [-0.15, -0.1) is 0 Å². The lowest BCUT2D eigenvalue weighted by atomic mass is 10.1. The average molecular weight is 366 g/mol. The highest BCUT2D eigenvalue weighted by atomic mass is 16.5. The Hall–Kier alpha value is -2.42. The zero-order valence-corrected chi connectivity index (χ0v) is 14.9. The number of rotatable bonds is 9. The van der Waals surface area contributed by atoms with Gasteiger partial charge in [0.1, 0.15) is 0 Å². The fourth-order valence-corrected chi connectivity index (χ4v) is 3.07. The van der Waals surface area contributed by atoms with Gasteiger partial charge in [0.05, 0.1) is 31.9 Å². The number of carbonyl (C=O) groups is 3. The number of hydrogen-bond acceptors (Lipinski definition) is 6. The van der Waals surface area contributed by atoms with Gasteiger partial charge in [0.25, 0.3) is 0 Å². The Kier molecular flexibility index (Phi) is 7.58. The molecule has 0 unspecified atom stereocenters. The fourth-order valence-electron chi connectivity index (χ4n) is 3.07. The quantitative estimate of drug-likeness (QED) is 0.442. The lowest BCUT2D eigenvalue weighted by Gasteiger charge is -2.16. The van der Waals surface area contributed by atoms with Gasteiger partial charge in [-0.2, -0.15) is 5.10 Å². The van der Waals surface area contributed by atoms with E-state index in [9.17, 15) is 19.5 Å². The van der Waals surface area contributed by atoms with Crippen LogP contribution in [0.4, 0.5) is 0 Å². The van der Waals surface area contributed by atoms with E-state index >= 15 is 0 Å². The summed E-state index contributed by atoms with van der Waals surface area (Å²) in [5, 5.41) is 22.2. The number of carbonyl (C=O) groups excluding carboxylic acids is 3. The van der Waals surface area contributed by atoms with Crippen LogP contribution in [0.25, 0.3) is 0 Å². The molecule has 144 valence electrons. The molecule has 1 fully saturated rings. The van der Waals surface area contributed by atoms with Crippen LogP contribution in [0, 0.1) is 5.92 Å². The summed E-state index contributed by atoms with van der Waals surface area (Å²) in [6.07, 6.45) is 5.35. The summed E-state index contributed by atoms with van der Waals surface area (Å²) < 4.78 is 4.51. The smallest absolute Gasteiger partial charge is 0.307 e. The number of hydrogen-bond donors (Lipinski definition) is 4. The number of nitrogens with zero attached hydrogens (tertiary/aromatic N) is 1. The molecule has 1 aliphatic rings. The van der Waals surface area contributed by atoms with E-state index in [-0.39, 0.29) is 30.7 Å². The number of methoxy groups -OCH3 is 1. The van der Waals surface area contributed by atoms with Gasteiger partial charge in [-0.05, 0) is 31.2 Å². The van der Waals surface area contributed by atoms with E-state index in [0.717, 1.165) is 12.0 Å². The normalized spacial score (nSPS) is 22.0. The molecule has 1 saturated carbocycles. The molecule has 9 heteroatoms. The number of aliphatic hydroxyl groups excluding tert-OH is 1. The second-order valence-electron chi connectivity index (χ2n) is 6.49. The minimum absolute atomic E-state index is 0.105.